The number of anilines is 1. The zero-order valence-corrected chi connectivity index (χ0v) is 25.0. The summed E-state index contributed by atoms with van der Waals surface area (Å²) in [5.74, 6) is 1.57. The lowest BCUT2D eigenvalue weighted by atomic mass is 9.76. The van der Waals surface area contributed by atoms with Gasteiger partial charge in [0, 0.05) is 43.7 Å². The third-order valence-electron chi connectivity index (χ3n) is 9.59. The third kappa shape index (κ3) is 5.93. The summed E-state index contributed by atoms with van der Waals surface area (Å²) in [5, 5.41) is 18.2. The van der Waals surface area contributed by atoms with E-state index in [1.54, 1.807) is 18.5 Å². The van der Waals surface area contributed by atoms with Crippen LogP contribution in [0.25, 0.3) is 11.3 Å². The topological polar surface area (TPSA) is 118 Å². The maximum absolute atomic E-state index is 14.3. The van der Waals surface area contributed by atoms with Crippen LogP contribution >= 0.6 is 0 Å². The molecular formula is C34H41N5O5. The molecule has 1 aromatic heterocycles. The van der Waals surface area contributed by atoms with E-state index in [1.165, 1.54) is 12.8 Å². The Morgan fingerprint density at radius 3 is 2.84 bits per heavy atom. The van der Waals surface area contributed by atoms with E-state index in [4.69, 9.17) is 14.5 Å². The molecule has 0 unspecified atom stereocenters. The molecule has 2 aliphatic carbocycles. The van der Waals surface area contributed by atoms with Crippen molar-refractivity contribution in [2.24, 2.45) is 5.92 Å². The van der Waals surface area contributed by atoms with Gasteiger partial charge in [-0.3, -0.25) is 9.59 Å². The molecule has 0 bridgehead atoms. The number of hydrogen-bond donors (Lipinski definition) is 3. The molecule has 4 aliphatic rings. The second kappa shape index (κ2) is 12.2. The van der Waals surface area contributed by atoms with Gasteiger partial charge in [0.2, 0.25) is 0 Å². The standard InChI is InChI=1S/C34H41N5O5/c40-30-21-44-28-12-11-26(18-27(28)37-30)43-17-13-25-20-35-15-16-38(25)33(41)31-32(24-6-2-1-3-7-24)39(22-36-31)29-8-4-5-14-34(29,42)19-23-9-10-23/h1-3,6-7,11-12,18,22-23,25,29,35,42H,4-5,8-10,13-17,19-21H2,(H,37,40)/t25-,29-,34-/m1/s1. The van der Waals surface area contributed by atoms with Crippen molar-refractivity contribution in [3.63, 3.8) is 0 Å². The van der Waals surface area contributed by atoms with E-state index >= 15 is 0 Å². The quantitative estimate of drug-likeness (QED) is 0.334. The Morgan fingerprint density at radius 1 is 1.14 bits per heavy atom. The van der Waals surface area contributed by atoms with Gasteiger partial charge in [-0.1, -0.05) is 56.0 Å². The molecule has 2 saturated carbocycles. The number of ether oxygens (including phenoxy) is 2. The second-order valence-electron chi connectivity index (χ2n) is 12.7. The summed E-state index contributed by atoms with van der Waals surface area (Å²) in [5.41, 5.74) is 1.98. The fraction of sp³-hybridized carbons (Fsp3) is 0.500. The van der Waals surface area contributed by atoms with Crippen molar-refractivity contribution in [1.29, 1.82) is 0 Å². The van der Waals surface area contributed by atoms with Crippen LogP contribution in [-0.2, 0) is 4.79 Å². The molecule has 0 spiro atoms. The smallest absolute Gasteiger partial charge is 0.275 e. The minimum Gasteiger partial charge on any atom is -0.493 e. The molecule has 3 aromatic rings. The van der Waals surface area contributed by atoms with Crippen molar-refractivity contribution in [3.05, 3.63) is 60.6 Å². The molecule has 10 heteroatoms. The molecule has 2 amide bonds. The van der Waals surface area contributed by atoms with Gasteiger partial charge in [0.25, 0.3) is 11.8 Å². The van der Waals surface area contributed by atoms with Crippen LogP contribution in [0, 0.1) is 5.92 Å². The molecule has 0 radical (unpaired) electrons. The Balaban J connectivity index is 1.12. The number of carbonyl (C=O) groups is 2. The first-order valence-electron chi connectivity index (χ1n) is 16.0. The summed E-state index contributed by atoms with van der Waals surface area (Å²) >= 11 is 0. The SMILES string of the molecule is O=C1COc2ccc(OCC[C@@H]3CNCCN3C(=O)c3ncn([C@@H]4CCCC[C@@]4(O)CC4CC4)c3-c3ccccc3)cc2N1. The molecule has 3 atom stereocenters. The van der Waals surface area contributed by atoms with Crippen LogP contribution in [0.3, 0.4) is 0 Å². The molecular weight excluding hydrogens is 558 g/mol. The van der Waals surface area contributed by atoms with Gasteiger partial charge in [0.05, 0.1) is 36.0 Å². The van der Waals surface area contributed by atoms with Gasteiger partial charge in [-0.05, 0) is 37.3 Å². The third-order valence-corrected chi connectivity index (χ3v) is 9.59. The van der Waals surface area contributed by atoms with Crippen molar-refractivity contribution in [2.45, 2.75) is 69.1 Å². The summed E-state index contributed by atoms with van der Waals surface area (Å²) in [4.78, 5) is 32.8. The summed E-state index contributed by atoms with van der Waals surface area (Å²) in [6, 6.07) is 15.2. The highest BCUT2D eigenvalue weighted by Crippen LogP contribution is 2.48. The first-order chi connectivity index (χ1) is 21.5. The normalized spacial score (nSPS) is 25.1. The number of amides is 2. The van der Waals surface area contributed by atoms with Crippen molar-refractivity contribution >= 4 is 17.5 Å². The lowest BCUT2D eigenvalue weighted by molar-refractivity contribution is -0.118. The van der Waals surface area contributed by atoms with Crippen LogP contribution < -0.4 is 20.1 Å². The minimum atomic E-state index is -0.787. The number of imidazole rings is 1. The number of aliphatic hydroxyl groups is 1. The molecule has 10 nitrogen and oxygen atoms in total. The summed E-state index contributed by atoms with van der Waals surface area (Å²) in [6.45, 7) is 2.35. The maximum atomic E-state index is 14.3. The fourth-order valence-electron chi connectivity index (χ4n) is 7.18. The van der Waals surface area contributed by atoms with Gasteiger partial charge in [0.1, 0.15) is 11.5 Å². The van der Waals surface area contributed by atoms with Crippen molar-refractivity contribution in [3.8, 4) is 22.8 Å². The van der Waals surface area contributed by atoms with Crippen molar-refractivity contribution < 1.29 is 24.2 Å². The Bertz CT molecular complexity index is 1500. The molecule has 44 heavy (non-hydrogen) atoms. The number of rotatable bonds is 9. The first-order valence-corrected chi connectivity index (χ1v) is 16.0. The summed E-state index contributed by atoms with van der Waals surface area (Å²) in [7, 11) is 0. The molecule has 7 rings (SSSR count). The Labute approximate surface area is 257 Å². The molecule has 3 fully saturated rings. The van der Waals surface area contributed by atoms with Gasteiger partial charge < -0.3 is 34.7 Å². The molecule has 3 heterocycles. The van der Waals surface area contributed by atoms with Crippen molar-refractivity contribution in [1.82, 2.24) is 19.8 Å². The molecule has 232 valence electrons. The monoisotopic (exact) mass is 599 g/mol. The Kier molecular flexibility index (Phi) is 8.03. The van der Waals surface area contributed by atoms with Gasteiger partial charge in [-0.2, -0.15) is 0 Å². The van der Waals surface area contributed by atoms with Crippen LogP contribution in [-0.4, -0.2) is 75.9 Å². The van der Waals surface area contributed by atoms with Crippen LogP contribution in [0.5, 0.6) is 11.5 Å². The van der Waals surface area contributed by atoms with Gasteiger partial charge in [-0.15, -0.1) is 0 Å². The number of nitrogens with zero attached hydrogens (tertiary/aromatic N) is 3. The highest BCUT2D eigenvalue weighted by molar-refractivity contribution is 5.98. The van der Waals surface area contributed by atoms with Gasteiger partial charge in [-0.25, -0.2) is 4.98 Å². The van der Waals surface area contributed by atoms with E-state index in [-0.39, 0.29) is 30.5 Å². The zero-order valence-electron chi connectivity index (χ0n) is 25.0. The maximum Gasteiger partial charge on any atom is 0.275 e. The van der Waals surface area contributed by atoms with Crippen molar-refractivity contribution in [2.75, 3.05) is 38.2 Å². The molecule has 1 saturated heterocycles. The summed E-state index contributed by atoms with van der Waals surface area (Å²) < 4.78 is 13.6. The Hall–Kier alpha value is -3.89. The van der Waals surface area contributed by atoms with E-state index in [2.05, 4.69) is 15.2 Å². The predicted octanol–water partition coefficient (Wildman–Crippen LogP) is 4.41. The number of hydrogen-bond acceptors (Lipinski definition) is 7. The van der Waals surface area contributed by atoms with Gasteiger partial charge in [0.15, 0.2) is 12.3 Å². The highest BCUT2D eigenvalue weighted by Gasteiger charge is 2.45. The highest BCUT2D eigenvalue weighted by atomic mass is 16.5. The van der Waals surface area contributed by atoms with Crippen LogP contribution in [0.2, 0.25) is 0 Å². The number of piperazine rings is 1. The second-order valence-corrected chi connectivity index (χ2v) is 12.7. The lowest BCUT2D eigenvalue weighted by Gasteiger charge is -2.42. The summed E-state index contributed by atoms with van der Waals surface area (Å²) in [6.07, 6.45) is 9.37. The van der Waals surface area contributed by atoms with E-state index in [0.717, 1.165) is 43.4 Å². The van der Waals surface area contributed by atoms with E-state index < -0.39 is 5.60 Å². The molecule has 2 aromatic carbocycles. The largest absolute Gasteiger partial charge is 0.493 e. The van der Waals surface area contributed by atoms with Crippen LogP contribution in [0.15, 0.2) is 54.9 Å². The fourth-order valence-corrected chi connectivity index (χ4v) is 7.18. The first kappa shape index (κ1) is 28.9. The molecule has 2 aliphatic heterocycles. The number of benzene rings is 2. The number of fused-ring (bicyclic) bond motifs is 1. The van der Waals surface area contributed by atoms with E-state index in [9.17, 15) is 14.7 Å². The number of carbonyl (C=O) groups excluding carboxylic acids is 2. The van der Waals surface area contributed by atoms with E-state index in [1.807, 2.05) is 41.3 Å². The van der Waals surface area contributed by atoms with Gasteiger partial charge >= 0.3 is 0 Å². The average molecular weight is 600 g/mol. The van der Waals surface area contributed by atoms with E-state index in [0.29, 0.717) is 61.5 Å². The van der Waals surface area contributed by atoms with Crippen LogP contribution in [0.4, 0.5) is 5.69 Å². The Morgan fingerprint density at radius 2 is 2.00 bits per heavy atom. The molecule has 3 N–H and O–H groups in total. The number of aromatic nitrogens is 2. The lowest BCUT2D eigenvalue weighted by Crippen LogP contribution is -2.54. The average Bonchev–Trinajstić information content (AvgIpc) is 3.74. The zero-order chi connectivity index (χ0) is 30.1. The van der Waals surface area contributed by atoms with Crippen LogP contribution in [0.1, 0.15) is 67.9 Å². The minimum absolute atomic E-state index is 0.0119. The number of nitrogens with one attached hydrogen (secondary N) is 2. The predicted molar refractivity (Wildman–Crippen MR) is 166 cm³/mol.